The third-order valence-corrected chi connectivity index (χ3v) is 10.5. The van der Waals surface area contributed by atoms with Gasteiger partial charge in [-0.3, -0.25) is 4.79 Å². The van der Waals surface area contributed by atoms with E-state index in [9.17, 15) is 17.6 Å². The standard InChI is InChI=1S/C27H33FO5S2/c1-5-7-23(35(31,32)27-18(4)24-15-20(28)10-12-25(24)34-27)16-21(6-2)33-22-11-8-19(17(3)14-22)9-13-26(29)30/h8,10-12,14-15,21,23H,5-7,9,13,16H2,1-4H3,(H,29,30). The van der Waals surface area contributed by atoms with Crippen molar-refractivity contribution in [2.45, 2.75) is 81.8 Å². The van der Waals surface area contributed by atoms with Gasteiger partial charge in [0.25, 0.3) is 0 Å². The summed E-state index contributed by atoms with van der Waals surface area (Å²) in [5.41, 5.74) is 2.51. The van der Waals surface area contributed by atoms with Crippen molar-refractivity contribution >= 4 is 37.2 Å². The number of sulfone groups is 1. The number of carboxylic acids is 1. The minimum atomic E-state index is -3.64. The maximum atomic E-state index is 13.8. The summed E-state index contributed by atoms with van der Waals surface area (Å²) >= 11 is 1.21. The molecule has 1 N–H and O–H groups in total. The van der Waals surface area contributed by atoms with Crippen LogP contribution >= 0.6 is 11.3 Å². The molecule has 0 saturated carbocycles. The predicted octanol–water partition coefficient (Wildman–Crippen LogP) is 6.86. The van der Waals surface area contributed by atoms with Gasteiger partial charge in [0.15, 0.2) is 9.84 Å². The molecule has 0 radical (unpaired) electrons. The highest BCUT2D eigenvalue weighted by Gasteiger charge is 2.33. The van der Waals surface area contributed by atoms with Gasteiger partial charge in [-0.25, -0.2) is 12.8 Å². The minimum absolute atomic E-state index is 0.0684. The topological polar surface area (TPSA) is 80.7 Å². The summed E-state index contributed by atoms with van der Waals surface area (Å²) in [6, 6.07) is 9.97. The summed E-state index contributed by atoms with van der Waals surface area (Å²) in [6.45, 7) is 7.61. The van der Waals surface area contributed by atoms with E-state index in [4.69, 9.17) is 9.84 Å². The molecular formula is C27H33FO5S2. The monoisotopic (exact) mass is 520 g/mol. The lowest BCUT2D eigenvalue weighted by Crippen LogP contribution is -2.29. The van der Waals surface area contributed by atoms with E-state index >= 15 is 0 Å². The molecule has 0 aliphatic carbocycles. The van der Waals surface area contributed by atoms with Crippen LogP contribution in [-0.4, -0.2) is 30.8 Å². The molecule has 0 fully saturated rings. The first-order valence-electron chi connectivity index (χ1n) is 12.0. The highest BCUT2D eigenvalue weighted by Crippen LogP contribution is 2.38. The van der Waals surface area contributed by atoms with Crippen LogP contribution in [0, 0.1) is 19.7 Å². The van der Waals surface area contributed by atoms with Gasteiger partial charge in [0.2, 0.25) is 0 Å². The first-order valence-corrected chi connectivity index (χ1v) is 14.3. The van der Waals surface area contributed by atoms with Crippen molar-refractivity contribution in [3.63, 3.8) is 0 Å². The molecule has 3 rings (SSSR count). The number of rotatable bonds is 12. The Bertz CT molecular complexity index is 1300. The maximum Gasteiger partial charge on any atom is 0.303 e. The minimum Gasteiger partial charge on any atom is -0.490 e. The first kappa shape index (κ1) is 27.1. The van der Waals surface area contributed by atoms with Crippen molar-refractivity contribution in [1.82, 2.24) is 0 Å². The number of benzene rings is 2. The molecule has 2 atom stereocenters. The molecule has 1 heterocycles. The molecule has 8 heteroatoms. The lowest BCUT2D eigenvalue weighted by molar-refractivity contribution is -0.136. The van der Waals surface area contributed by atoms with E-state index in [0.29, 0.717) is 46.6 Å². The van der Waals surface area contributed by atoms with E-state index in [1.165, 1.54) is 23.5 Å². The Morgan fingerprint density at radius 3 is 2.51 bits per heavy atom. The number of fused-ring (bicyclic) bond motifs is 1. The molecule has 2 unspecified atom stereocenters. The summed E-state index contributed by atoms with van der Waals surface area (Å²) < 4.78 is 48.5. The molecule has 0 spiro atoms. The van der Waals surface area contributed by atoms with Crippen LogP contribution in [0.4, 0.5) is 4.39 Å². The number of carboxylic acid groups (broad SMARTS) is 1. The number of thiophene rings is 1. The Labute approximate surface area is 210 Å². The van der Waals surface area contributed by atoms with E-state index in [1.54, 1.807) is 13.0 Å². The van der Waals surface area contributed by atoms with Crippen LogP contribution < -0.4 is 4.74 Å². The van der Waals surface area contributed by atoms with Gasteiger partial charge in [-0.1, -0.05) is 26.3 Å². The van der Waals surface area contributed by atoms with Crippen molar-refractivity contribution in [3.8, 4) is 5.75 Å². The van der Waals surface area contributed by atoms with Crippen molar-refractivity contribution in [3.05, 3.63) is 58.9 Å². The fourth-order valence-electron chi connectivity index (χ4n) is 4.36. The number of aliphatic carboxylic acids is 1. The van der Waals surface area contributed by atoms with Gasteiger partial charge in [-0.05, 0) is 85.5 Å². The molecule has 1 aromatic heterocycles. The van der Waals surface area contributed by atoms with Gasteiger partial charge in [-0.15, -0.1) is 11.3 Å². The zero-order valence-electron chi connectivity index (χ0n) is 20.6. The SMILES string of the molecule is CCCC(CC(CC)Oc1ccc(CCC(=O)O)c(C)c1)S(=O)(=O)c1sc2ccc(F)cc2c1C. The van der Waals surface area contributed by atoms with Crippen molar-refractivity contribution in [2.75, 3.05) is 0 Å². The number of halogens is 1. The molecule has 35 heavy (non-hydrogen) atoms. The van der Waals surface area contributed by atoms with Gasteiger partial charge >= 0.3 is 5.97 Å². The summed E-state index contributed by atoms with van der Waals surface area (Å²) in [4.78, 5) is 10.9. The lowest BCUT2D eigenvalue weighted by Gasteiger charge is -2.24. The molecule has 0 saturated heterocycles. The second kappa shape index (κ2) is 11.5. The van der Waals surface area contributed by atoms with Crippen LogP contribution in [0.5, 0.6) is 5.75 Å². The van der Waals surface area contributed by atoms with Crippen LogP contribution in [0.1, 0.15) is 62.6 Å². The van der Waals surface area contributed by atoms with Crippen LogP contribution in [0.15, 0.2) is 40.6 Å². The Morgan fingerprint density at radius 2 is 1.89 bits per heavy atom. The predicted molar refractivity (Wildman–Crippen MR) is 139 cm³/mol. The largest absolute Gasteiger partial charge is 0.490 e. The van der Waals surface area contributed by atoms with Crippen molar-refractivity contribution in [1.29, 1.82) is 0 Å². The lowest BCUT2D eigenvalue weighted by atomic mass is 10.0. The average molecular weight is 521 g/mol. The second-order valence-electron chi connectivity index (χ2n) is 8.98. The van der Waals surface area contributed by atoms with Gasteiger partial charge in [0.05, 0.1) is 11.4 Å². The third kappa shape index (κ3) is 6.41. The van der Waals surface area contributed by atoms with Gasteiger partial charge in [-0.2, -0.15) is 0 Å². The second-order valence-corrected chi connectivity index (χ2v) is 12.5. The van der Waals surface area contributed by atoms with Gasteiger partial charge in [0.1, 0.15) is 15.8 Å². The zero-order chi connectivity index (χ0) is 25.8. The summed E-state index contributed by atoms with van der Waals surface area (Å²) in [7, 11) is -3.64. The highest BCUT2D eigenvalue weighted by molar-refractivity contribution is 7.94. The van der Waals surface area contributed by atoms with Crippen LogP contribution in [0.2, 0.25) is 0 Å². The van der Waals surface area contributed by atoms with E-state index in [1.807, 2.05) is 39.0 Å². The number of aryl methyl sites for hydroxylation is 3. The third-order valence-electron chi connectivity index (χ3n) is 6.37. The molecule has 0 aliphatic rings. The molecule has 5 nitrogen and oxygen atoms in total. The first-order chi connectivity index (χ1) is 16.6. The Morgan fingerprint density at radius 1 is 1.14 bits per heavy atom. The summed E-state index contributed by atoms with van der Waals surface area (Å²) in [6.07, 6.45) is 2.46. The smallest absolute Gasteiger partial charge is 0.303 e. The Hall–Kier alpha value is -2.45. The number of hydrogen-bond acceptors (Lipinski definition) is 5. The molecule has 190 valence electrons. The van der Waals surface area contributed by atoms with E-state index in [0.717, 1.165) is 22.2 Å². The van der Waals surface area contributed by atoms with Crippen LogP contribution in [0.3, 0.4) is 0 Å². The number of carbonyl (C=O) groups is 1. The summed E-state index contributed by atoms with van der Waals surface area (Å²) in [5.74, 6) is -0.566. The number of ether oxygens (including phenoxy) is 1. The molecule has 0 amide bonds. The zero-order valence-corrected chi connectivity index (χ0v) is 22.3. The summed E-state index contributed by atoms with van der Waals surface area (Å²) in [5, 5.41) is 8.97. The Balaban J connectivity index is 1.83. The fraction of sp³-hybridized carbons (Fsp3) is 0.444. The van der Waals surface area contributed by atoms with E-state index < -0.39 is 21.1 Å². The van der Waals surface area contributed by atoms with Crippen LogP contribution in [0.25, 0.3) is 10.1 Å². The highest BCUT2D eigenvalue weighted by atomic mass is 32.2. The van der Waals surface area contributed by atoms with Crippen molar-refractivity contribution in [2.24, 2.45) is 0 Å². The molecule has 0 bridgehead atoms. The molecule has 0 aliphatic heterocycles. The molecule has 3 aromatic rings. The number of hydrogen-bond donors (Lipinski definition) is 1. The maximum absolute atomic E-state index is 13.8. The Kier molecular flexibility index (Phi) is 8.94. The quantitative estimate of drug-likeness (QED) is 0.282. The van der Waals surface area contributed by atoms with Gasteiger partial charge in [0, 0.05) is 17.5 Å². The van der Waals surface area contributed by atoms with Crippen molar-refractivity contribution < 1.29 is 27.4 Å². The van der Waals surface area contributed by atoms with E-state index in [2.05, 4.69) is 0 Å². The van der Waals surface area contributed by atoms with E-state index in [-0.39, 0.29) is 18.3 Å². The van der Waals surface area contributed by atoms with Crippen LogP contribution in [-0.2, 0) is 21.1 Å². The normalized spacial score (nSPS) is 13.6. The fourth-order valence-corrected chi connectivity index (χ4v) is 8.28. The molecular weight excluding hydrogens is 487 g/mol. The van der Waals surface area contributed by atoms with Gasteiger partial charge < -0.3 is 9.84 Å². The average Bonchev–Trinajstić information content (AvgIpc) is 3.14. The molecule has 2 aromatic carbocycles.